The number of rotatable bonds is 4. The van der Waals surface area contributed by atoms with Gasteiger partial charge in [0.05, 0.1) is 17.7 Å². The Labute approximate surface area is 154 Å². The van der Waals surface area contributed by atoms with E-state index in [0.29, 0.717) is 29.9 Å². The topological polar surface area (TPSA) is 74.6 Å². The molecule has 1 spiro atoms. The standard InChI is InChI=1S/C19H21F2N3O3/c1-11-15-12(17(25)13(18(26)27)9-23(15)6-4-20)8-14(21)16(11)24-7-5-22-19(10-24)2-3-19/h8-9,22H,2-7,10H2,1H3,(H,26,27). The van der Waals surface area contributed by atoms with Gasteiger partial charge in [0.1, 0.15) is 18.1 Å². The summed E-state index contributed by atoms with van der Waals surface area (Å²) < 4.78 is 29.5. The lowest BCUT2D eigenvalue weighted by atomic mass is 10.0. The van der Waals surface area contributed by atoms with Crippen LogP contribution < -0.4 is 15.6 Å². The predicted molar refractivity (Wildman–Crippen MR) is 98.0 cm³/mol. The second-order valence-corrected chi connectivity index (χ2v) is 7.42. The molecule has 6 nitrogen and oxygen atoms in total. The fourth-order valence-corrected chi connectivity index (χ4v) is 4.16. The van der Waals surface area contributed by atoms with Crippen molar-refractivity contribution < 1.29 is 18.7 Å². The minimum atomic E-state index is -1.41. The quantitative estimate of drug-likeness (QED) is 0.853. The zero-order valence-electron chi connectivity index (χ0n) is 15.0. The van der Waals surface area contributed by atoms with Crippen LogP contribution in [0.15, 0.2) is 17.1 Å². The van der Waals surface area contributed by atoms with Crippen molar-refractivity contribution in [3.63, 3.8) is 0 Å². The molecule has 0 bridgehead atoms. The monoisotopic (exact) mass is 377 g/mol. The summed E-state index contributed by atoms with van der Waals surface area (Å²) in [4.78, 5) is 25.9. The van der Waals surface area contributed by atoms with Crippen molar-refractivity contribution in [1.82, 2.24) is 9.88 Å². The van der Waals surface area contributed by atoms with E-state index >= 15 is 4.39 Å². The molecule has 2 aromatic rings. The fraction of sp³-hybridized carbons (Fsp3) is 0.474. The van der Waals surface area contributed by atoms with E-state index in [9.17, 15) is 19.1 Å². The van der Waals surface area contributed by atoms with Crippen LogP contribution in [0.25, 0.3) is 10.9 Å². The molecule has 1 aromatic carbocycles. The summed E-state index contributed by atoms with van der Waals surface area (Å²) in [6, 6.07) is 1.10. The van der Waals surface area contributed by atoms with Gasteiger partial charge in [0.2, 0.25) is 5.43 Å². The molecule has 8 heteroatoms. The number of carboxylic acids is 1. The zero-order chi connectivity index (χ0) is 19.3. The summed E-state index contributed by atoms with van der Waals surface area (Å²) >= 11 is 0. The van der Waals surface area contributed by atoms with E-state index in [4.69, 9.17) is 0 Å². The lowest BCUT2D eigenvalue weighted by Gasteiger charge is -2.37. The van der Waals surface area contributed by atoms with Crippen LogP contribution in [0.1, 0.15) is 28.8 Å². The van der Waals surface area contributed by atoms with Crippen LogP contribution in [0.5, 0.6) is 0 Å². The molecule has 2 aliphatic rings. The highest BCUT2D eigenvalue weighted by Crippen LogP contribution is 2.40. The number of carboxylic acid groups (broad SMARTS) is 1. The number of aromatic carboxylic acids is 1. The maximum atomic E-state index is 15.0. The van der Waals surface area contributed by atoms with E-state index in [0.717, 1.165) is 31.6 Å². The number of anilines is 1. The van der Waals surface area contributed by atoms with Crippen molar-refractivity contribution in [2.75, 3.05) is 31.2 Å². The van der Waals surface area contributed by atoms with Crippen molar-refractivity contribution in [3.05, 3.63) is 39.4 Å². The van der Waals surface area contributed by atoms with Gasteiger partial charge in [-0.15, -0.1) is 0 Å². The first-order chi connectivity index (χ1) is 12.9. The number of benzene rings is 1. The number of nitrogens with zero attached hydrogens (tertiary/aromatic N) is 2. The van der Waals surface area contributed by atoms with Crippen LogP contribution >= 0.6 is 0 Å². The first-order valence-corrected chi connectivity index (χ1v) is 9.02. The number of alkyl halides is 1. The van der Waals surface area contributed by atoms with Crippen LogP contribution in [0.2, 0.25) is 0 Å². The number of piperazine rings is 1. The molecular weight excluding hydrogens is 356 g/mol. The number of aromatic nitrogens is 1. The van der Waals surface area contributed by atoms with Gasteiger partial charge in [0, 0.05) is 36.8 Å². The normalized spacial score (nSPS) is 18.3. The second-order valence-electron chi connectivity index (χ2n) is 7.42. The van der Waals surface area contributed by atoms with Gasteiger partial charge in [0.15, 0.2) is 0 Å². The summed E-state index contributed by atoms with van der Waals surface area (Å²) in [6.45, 7) is 2.93. The molecule has 1 aliphatic carbocycles. The molecule has 0 radical (unpaired) electrons. The van der Waals surface area contributed by atoms with Crippen molar-refractivity contribution in [3.8, 4) is 0 Å². The second kappa shape index (κ2) is 6.30. The van der Waals surface area contributed by atoms with E-state index in [1.165, 1.54) is 4.57 Å². The average Bonchev–Trinajstić information content (AvgIpc) is 3.35. The molecule has 2 N–H and O–H groups in total. The van der Waals surface area contributed by atoms with Gasteiger partial charge < -0.3 is 19.9 Å². The fourth-order valence-electron chi connectivity index (χ4n) is 4.16. The van der Waals surface area contributed by atoms with Crippen molar-refractivity contribution >= 4 is 22.6 Å². The van der Waals surface area contributed by atoms with Gasteiger partial charge in [-0.25, -0.2) is 13.6 Å². The largest absolute Gasteiger partial charge is 0.477 e. The smallest absolute Gasteiger partial charge is 0.341 e. The van der Waals surface area contributed by atoms with Gasteiger partial charge in [-0.2, -0.15) is 0 Å². The van der Waals surface area contributed by atoms with Gasteiger partial charge in [-0.1, -0.05) is 0 Å². The Balaban J connectivity index is 1.94. The highest BCUT2D eigenvalue weighted by Gasteiger charge is 2.46. The predicted octanol–water partition coefficient (Wildman–Crippen LogP) is 2.06. The summed E-state index contributed by atoms with van der Waals surface area (Å²) in [5.41, 5.74) is 0.136. The number of pyridine rings is 1. The minimum Gasteiger partial charge on any atom is -0.477 e. The molecule has 1 saturated carbocycles. The lowest BCUT2D eigenvalue weighted by molar-refractivity contribution is 0.0694. The van der Waals surface area contributed by atoms with Gasteiger partial charge in [-0.3, -0.25) is 4.79 Å². The maximum Gasteiger partial charge on any atom is 0.341 e. The summed E-state index contributed by atoms with van der Waals surface area (Å²) in [6.07, 6.45) is 3.25. The van der Waals surface area contributed by atoms with E-state index in [2.05, 4.69) is 5.32 Å². The Hall–Kier alpha value is -2.48. The number of carbonyl (C=O) groups is 1. The van der Waals surface area contributed by atoms with Crippen molar-refractivity contribution in [2.45, 2.75) is 31.8 Å². The van der Waals surface area contributed by atoms with Crippen molar-refractivity contribution in [1.29, 1.82) is 0 Å². The van der Waals surface area contributed by atoms with Crippen LogP contribution in [0.3, 0.4) is 0 Å². The molecule has 144 valence electrons. The molecule has 0 atom stereocenters. The van der Waals surface area contributed by atoms with E-state index in [1.54, 1.807) is 6.92 Å². The summed E-state index contributed by atoms with van der Waals surface area (Å²) in [5.74, 6) is -1.96. The third-order valence-electron chi connectivity index (χ3n) is 5.63. The molecule has 1 saturated heterocycles. The Morgan fingerprint density at radius 1 is 1.41 bits per heavy atom. The molecule has 2 fully saturated rings. The first kappa shape index (κ1) is 17.9. The third-order valence-corrected chi connectivity index (χ3v) is 5.63. The molecule has 4 rings (SSSR count). The van der Waals surface area contributed by atoms with Crippen molar-refractivity contribution in [2.24, 2.45) is 0 Å². The molecule has 2 heterocycles. The van der Waals surface area contributed by atoms with E-state index in [-0.39, 0.29) is 17.5 Å². The highest BCUT2D eigenvalue weighted by atomic mass is 19.1. The Morgan fingerprint density at radius 3 is 2.78 bits per heavy atom. The Morgan fingerprint density at radius 2 is 2.15 bits per heavy atom. The Kier molecular flexibility index (Phi) is 4.18. The molecule has 27 heavy (non-hydrogen) atoms. The van der Waals surface area contributed by atoms with Gasteiger partial charge >= 0.3 is 5.97 Å². The first-order valence-electron chi connectivity index (χ1n) is 9.02. The number of fused-ring (bicyclic) bond motifs is 1. The van der Waals surface area contributed by atoms with Crippen LogP contribution in [0.4, 0.5) is 14.5 Å². The minimum absolute atomic E-state index is 0.0293. The highest BCUT2D eigenvalue weighted by molar-refractivity contribution is 5.95. The molecule has 0 unspecified atom stereocenters. The van der Waals surface area contributed by atoms with Gasteiger partial charge in [0.25, 0.3) is 0 Å². The Bertz CT molecular complexity index is 998. The number of nitrogens with one attached hydrogen (secondary N) is 1. The zero-order valence-corrected chi connectivity index (χ0v) is 15.0. The number of hydrogen-bond donors (Lipinski definition) is 2. The van der Waals surface area contributed by atoms with Crippen LogP contribution in [-0.4, -0.2) is 47.5 Å². The third kappa shape index (κ3) is 2.88. The number of hydrogen-bond acceptors (Lipinski definition) is 4. The van der Waals surface area contributed by atoms with Crippen LogP contribution in [-0.2, 0) is 6.54 Å². The SMILES string of the molecule is Cc1c(N2CCNC3(CC3)C2)c(F)cc2c(=O)c(C(=O)O)cn(CCF)c12. The van der Waals surface area contributed by atoms with E-state index in [1.807, 2.05) is 4.90 Å². The molecule has 1 aliphatic heterocycles. The number of halogens is 2. The maximum absolute atomic E-state index is 15.0. The summed E-state index contributed by atoms with van der Waals surface area (Å²) in [5, 5.41) is 12.7. The lowest BCUT2D eigenvalue weighted by Crippen LogP contribution is -2.53. The number of aryl methyl sites for hydroxylation is 2. The summed E-state index contributed by atoms with van der Waals surface area (Å²) in [7, 11) is 0. The van der Waals surface area contributed by atoms with E-state index < -0.39 is 29.5 Å². The molecular formula is C19H21F2N3O3. The molecule has 1 aromatic heterocycles. The van der Waals surface area contributed by atoms with Gasteiger partial charge in [-0.05, 0) is 31.4 Å². The average molecular weight is 377 g/mol. The van der Waals surface area contributed by atoms with Crippen LogP contribution in [0, 0.1) is 12.7 Å². The molecule has 0 amide bonds.